The molecule has 4 aromatic rings. The molecule has 0 spiro atoms. The highest BCUT2D eigenvalue weighted by atomic mass is 16.2. The van der Waals surface area contributed by atoms with Crippen LogP contribution in [0.3, 0.4) is 0 Å². The minimum absolute atomic E-state index is 0.00582. The summed E-state index contributed by atoms with van der Waals surface area (Å²) in [5.41, 5.74) is 4.25. The number of hydrogen-bond donors (Lipinski definition) is 4. The number of amides is 1. The predicted octanol–water partition coefficient (Wildman–Crippen LogP) is 3.15. The average Bonchev–Trinajstić information content (AvgIpc) is 3.26. The number of para-hydroxylation sites is 2. The van der Waals surface area contributed by atoms with Gasteiger partial charge in [-0.15, -0.1) is 0 Å². The van der Waals surface area contributed by atoms with Gasteiger partial charge < -0.3 is 15.3 Å². The Hall–Kier alpha value is -3.05. The van der Waals surface area contributed by atoms with E-state index in [1.54, 1.807) is 0 Å². The molecule has 0 aliphatic carbocycles. The first-order chi connectivity index (χ1) is 12.3. The smallest absolute Gasteiger partial charge is 0.242 e. The zero-order valence-corrected chi connectivity index (χ0v) is 13.5. The van der Waals surface area contributed by atoms with Gasteiger partial charge >= 0.3 is 0 Å². The topological polar surface area (TPSA) is 72.7 Å². The van der Waals surface area contributed by atoms with Crippen molar-refractivity contribution in [2.24, 2.45) is 0 Å². The Bertz CT molecular complexity index is 1080. The van der Waals surface area contributed by atoms with E-state index in [2.05, 4.69) is 26.7 Å². The molecule has 1 aliphatic heterocycles. The second kappa shape index (κ2) is 5.50. The minimum atomic E-state index is -0.336. The van der Waals surface area contributed by atoms with Crippen LogP contribution < -0.4 is 10.6 Å². The number of nitrogens with one attached hydrogen (secondary N) is 4. The maximum atomic E-state index is 12.8. The van der Waals surface area contributed by atoms with Crippen molar-refractivity contribution in [3.8, 4) is 0 Å². The lowest BCUT2D eigenvalue weighted by Crippen LogP contribution is -2.49. The zero-order valence-electron chi connectivity index (χ0n) is 13.5. The summed E-state index contributed by atoms with van der Waals surface area (Å²) in [5.74, 6) is 0.00582. The van der Waals surface area contributed by atoms with Crippen LogP contribution in [0.2, 0.25) is 0 Å². The molecule has 0 radical (unpaired) electrons. The highest BCUT2D eigenvalue weighted by molar-refractivity contribution is 5.93. The van der Waals surface area contributed by atoms with Gasteiger partial charge in [0, 0.05) is 51.9 Å². The van der Waals surface area contributed by atoms with Crippen molar-refractivity contribution >= 4 is 27.7 Å². The molecule has 3 heterocycles. The van der Waals surface area contributed by atoms with E-state index in [-0.39, 0.29) is 18.0 Å². The molecule has 1 fully saturated rings. The number of carbonyl (C=O) groups excluding carboxylic acids is 1. The number of fused-ring (bicyclic) bond motifs is 2. The van der Waals surface area contributed by atoms with Crippen molar-refractivity contribution in [1.29, 1.82) is 0 Å². The quantitative estimate of drug-likeness (QED) is 0.456. The molecule has 2 aromatic carbocycles. The molecule has 0 bridgehead atoms. The van der Waals surface area contributed by atoms with Gasteiger partial charge in [-0.05, 0) is 12.1 Å². The SMILES string of the molecule is O=C1N[C@H](c2c[nH]c3ccccc23)CN[C@H]1c1c[nH]c2ccccc12. The number of hydrogen-bond acceptors (Lipinski definition) is 2. The van der Waals surface area contributed by atoms with Crippen molar-refractivity contribution in [3.63, 3.8) is 0 Å². The molecular formula is C20H18N4O. The molecule has 2 atom stereocenters. The summed E-state index contributed by atoms with van der Waals surface area (Å²) in [6, 6.07) is 15.8. The molecule has 1 aliphatic rings. The van der Waals surface area contributed by atoms with Gasteiger partial charge in [0.25, 0.3) is 0 Å². The molecular weight excluding hydrogens is 312 g/mol. The highest BCUT2D eigenvalue weighted by Gasteiger charge is 2.31. The maximum absolute atomic E-state index is 12.8. The fraction of sp³-hybridized carbons (Fsp3) is 0.150. The van der Waals surface area contributed by atoms with Crippen molar-refractivity contribution < 1.29 is 4.79 Å². The Morgan fingerprint density at radius 2 is 1.40 bits per heavy atom. The van der Waals surface area contributed by atoms with E-state index in [1.807, 2.05) is 54.9 Å². The number of aromatic nitrogens is 2. The molecule has 2 aromatic heterocycles. The molecule has 1 amide bonds. The second-order valence-corrected chi connectivity index (χ2v) is 6.48. The Labute approximate surface area is 144 Å². The lowest BCUT2D eigenvalue weighted by atomic mass is 9.98. The van der Waals surface area contributed by atoms with Crippen LogP contribution in [-0.2, 0) is 4.79 Å². The van der Waals surface area contributed by atoms with E-state index in [0.29, 0.717) is 6.54 Å². The van der Waals surface area contributed by atoms with Crippen molar-refractivity contribution in [3.05, 3.63) is 72.1 Å². The normalized spacial score (nSPS) is 20.9. The summed E-state index contributed by atoms with van der Waals surface area (Å²) in [4.78, 5) is 19.3. The fourth-order valence-electron chi connectivity index (χ4n) is 3.79. The largest absolute Gasteiger partial charge is 0.361 e. The van der Waals surface area contributed by atoms with Crippen LogP contribution in [0.4, 0.5) is 0 Å². The summed E-state index contributed by atoms with van der Waals surface area (Å²) in [7, 11) is 0. The maximum Gasteiger partial charge on any atom is 0.242 e. The van der Waals surface area contributed by atoms with E-state index in [0.717, 1.165) is 32.9 Å². The Morgan fingerprint density at radius 1 is 0.800 bits per heavy atom. The van der Waals surface area contributed by atoms with E-state index < -0.39 is 0 Å². The Kier molecular flexibility index (Phi) is 3.15. The molecule has 0 unspecified atom stereocenters. The summed E-state index contributed by atoms with van der Waals surface area (Å²) >= 11 is 0. The summed E-state index contributed by atoms with van der Waals surface area (Å²) in [5, 5.41) is 8.84. The Balaban J connectivity index is 1.45. The third kappa shape index (κ3) is 2.24. The van der Waals surface area contributed by atoms with Gasteiger partial charge in [-0.2, -0.15) is 0 Å². The number of carbonyl (C=O) groups is 1. The number of piperazine rings is 1. The molecule has 0 saturated carbocycles. The molecule has 124 valence electrons. The third-order valence-corrected chi connectivity index (χ3v) is 5.03. The van der Waals surface area contributed by atoms with Crippen LogP contribution in [0.1, 0.15) is 23.2 Å². The van der Waals surface area contributed by atoms with Crippen molar-refractivity contribution in [1.82, 2.24) is 20.6 Å². The minimum Gasteiger partial charge on any atom is -0.361 e. The molecule has 5 heteroatoms. The average molecular weight is 330 g/mol. The molecule has 1 saturated heterocycles. The van der Waals surface area contributed by atoms with Crippen LogP contribution in [0.15, 0.2) is 60.9 Å². The summed E-state index contributed by atoms with van der Waals surface area (Å²) in [6.07, 6.45) is 3.91. The van der Waals surface area contributed by atoms with Gasteiger partial charge in [-0.25, -0.2) is 0 Å². The molecule has 4 N–H and O–H groups in total. The summed E-state index contributed by atoms with van der Waals surface area (Å²) < 4.78 is 0. The van der Waals surface area contributed by atoms with Crippen LogP contribution in [0.25, 0.3) is 21.8 Å². The number of rotatable bonds is 2. The number of H-pyrrole nitrogens is 2. The Morgan fingerprint density at radius 3 is 2.08 bits per heavy atom. The first-order valence-electron chi connectivity index (χ1n) is 8.47. The predicted molar refractivity (Wildman–Crippen MR) is 98.2 cm³/mol. The standard InChI is InChI=1S/C20H18N4O/c25-20-19(15-10-22-17-8-4-2-6-13(15)17)23-11-18(24-20)14-9-21-16-7-3-1-5-12(14)16/h1-10,18-19,21-23H,11H2,(H,24,25)/t18-,19-/m0/s1. The monoisotopic (exact) mass is 330 g/mol. The molecule has 25 heavy (non-hydrogen) atoms. The van der Waals surface area contributed by atoms with E-state index in [4.69, 9.17) is 0 Å². The van der Waals surface area contributed by atoms with Crippen LogP contribution >= 0.6 is 0 Å². The van der Waals surface area contributed by atoms with Crippen molar-refractivity contribution in [2.75, 3.05) is 6.54 Å². The van der Waals surface area contributed by atoms with E-state index in [9.17, 15) is 4.79 Å². The van der Waals surface area contributed by atoms with Gasteiger partial charge in [0.1, 0.15) is 6.04 Å². The van der Waals surface area contributed by atoms with Crippen LogP contribution in [0.5, 0.6) is 0 Å². The zero-order chi connectivity index (χ0) is 16.8. The van der Waals surface area contributed by atoms with Gasteiger partial charge in [0.2, 0.25) is 5.91 Å². The lowest BCUT2D eigenvalue weighted by molar-refractivity contribution is -0.125. The van der Waals surface area contributed by atoms with Crippen LogP contribution in [-0.4, -0.2) is 22.4 Å². The van der Waals surface area contributed by atoms with Gasteiger partial charge in [-0.1, -0.05) is 36.4 Å². The summed E-state index contributed by atoms with van der Waals surface area (Å²) in [6.45, 7) is 0.692. The number of benzene rings is 2. The highest BCUT2D eigenvalue weighted by Crippen LogP contribution is 2.30. The number of aromatic amines is 2. The van der Waals surface area contributed by atoms with Crippen LogP contribution in [0, 0.1) is 0 Å². The van der Waals surface area contributed by atoms with Gasteiger partial charge in [0.15, 0.2) is 0 Å². The van der Waals surface area contributed by atoms with Crippen molar-refractivity contribution in [2.45, 2.75) is 12.1 Å². The molecule has 5 rings (SSSR count). The van der Waals surface area contributed by atoms with E-state index in [1.165, 1.54) is 0 Å². The fourth-order valence-corrected chi connectivity index (χ4v) is 3.79. The first-order valence-corrected chi connectivity index (χ1v) is 8.47. The van der Waals surface area contributed by atoms with Gasteiger partial charge in [0.05, 0.1) is 6.04 Å². The first kappa shape index (κ1) is 14.3. The third-order valence-electron chi connectivity index (χ3n) is 5.03. The van der Waals surface area contributed by atoms with E-state index >= 15 is 0 Å². The van der Waals surface area contributed by atoms with Gasteiger partial charge in [-0.3, -0.25) is 10.1 Å². The molecule has 5 nitrogen and oxygen atoms in total. The lowest BCUT2D eigenvalue weighted by Gasteiger charge is -2.30. The second-order valence-electron chi connectivity index (χ2n) is 6.48.